The average molecular weight is 416 g/mol. The lowest BCUT2D eigenvalue weighted by atomic mass is 9.76. The third kappa shape index (κ3) is 3.21. The summed E-state index contributed by atoms with van der Waals surface area (Å²) in [7, 11) is 0. The molecule has 1 nitrogen and oxygen atoms in total. The van der Waals surface area contributed by atoms with Crippen LogP contribution in [0.4, 0.5) is 5.69 Å². The van der Waals surface area contributed by atoms with Gasteiger partial charge in [-0.1, -0.05) is 55.6 Å². The molecule has 0 spiro atoms. The predicted octanol–water partition coefficient (Wildman–Crippen LogP) is 6.22. The predicted molar refractivity (Wildman–Crippen MR) is 92.7 cm³/mol. The molecule has 0 aliphatic heterocycles. The van der Waals surface area contributed by atoms with Crippen molar-refractivity contribution in [2.45, 2.75) is 24.8 Å². The number of hydrogen-bond donors (Lipinski definition) is 1. The second-order valence-electron chi connectivity index (χ2n) is 5.19. The van der Waals surface area contributed by atoms with Crippen molar-refractivity contribution in [1.82, 2.24) is 0 Å². The Labute approximate surface area is 141 Å². The Morgan fingerprint density at radius 2 is 1.60 bits per heavy atom. The maximum atomic E-state index is 6.23. The number of rotatable bonds is 3. The van der Waals surface area contributed by atoms with Gasteiger partial charge in [-0.05, 0) is 54.7 Å². The number of hydrogen-bond acceptors (Lipinski definition) is 1. The van der Waals surface area contributed by atoms with Gasteiger partial charge in [0.1, 0.15) is 0 Å². The molecule has 1 fully saturated rings. The molecule has 0 unspecified atom stereocenters. The summed E-state index contributed by atoms with van der Waals surface area (Å²) in [6.45, 7) is 0. The lowest BCUT2D eigenvalue weighted by molar-refractivity contribution is 0.374. The van der Waals surface area contributed by atoms with Gasteiger partial charge >= 0.3 is 0 Å². The van der Waals surface area contributed by atoms with Crippen LogP contribution in [0.3, 0.4) is 0 Å². The smallest absolute Gasteiger partial charge is 0.0648 e. The molecule has 1 aliphatic rings. The SMILES string of the molecule is Clc1cc(Br)ccc1NC1CC(c2ccc(Br)cc2)C1. The molecular formula is C16H14Br2ClN. The lowest BCUT2D eigenvalue weighted by Crippen LogP contribution is -2.34. The monoisotopic (exact) mass is 413 g/mol. The van der Waals surface area contributed by atoms with Crippen LogP contribution in [0.5, 0.6) is 0 Å². The topological polar surface area (TPSA) is 12.0 Å². The van der Waals surface area contributed by atoms with E-state index in [1.165, 1.54) is 5.56 Å². The first-order valence-corrected chi connectivity index (χ1v) is 8.55. The van der Waals surface area contributed by atoms with Gasteiger partial charge in [0.15, 0.2) is 0 Å². The Morgan fingerprint density at radius 3 is 2.25 bits per heavy atom. The molecule has 1 aliphatic carbocycles. The largest absolute Gasteiger partial charge is 0.381 e. The van der Waals surface area contributed by atoms with Crippen LogP contribution in [-0.4, -0.2) is 6.04 Å². The fraction of sp³-hybridized carbons (Fsp3) is 0.250. The molecule has 4 heteroatoms. The second-order valence-corrected chi connectivity index (χ2v) is 7.42. The summed E-state index contributed by atoms with van der Waals surface area (Å²) < 4.78 is 2.14. The Morgan fingerprint density at radius 1 is 0.950 bits per heavy atom. The van der Waals surface area contributed by atoms with Gasteiger partial charge in [-0.2, -0.15) is 0 Å². The number of anilines is 1. The Bertz CT molecular complexity index is 606. The highest BCUT2D eigenvalue weighted by atomic mass is 79.9. The van der Waals surface area contributed by atoms with E-state index in [9.17, 15) is 0 Å². The average Bonchev–Trinajstić information content (AvgIpc) is 2.37. The van der Waals surface area contributed by atoms with E-state index in [0.717, 1.165) is 32.5 Å². The van der Waals surface area contributed by atoms with Gasteiger partial charge in [0.2, 0.25) is 0 Å². The molecule has 1 saturated carbocycles. The van der Waals surface area contributed by atoms with Crippen LogP contribution in [0.25, 0.3) is 0 Å². The van der Waals surface area contributed by atoms with Gasteiger partial charge in [-0.3, -0.25) is 0 Å². The van der Waals surface area contributed by atoms with E-state index in [0.29, 0.717) is 12.0 Å². The summed E-state index contributed by atoms with van der Waals surface area (Å²) in [5.74, 6) is 0.662. The van der Waals surface area contributed by atoms with Crippen LogP contribution in [-0.2, 0) is 0 Å². The molecule has 0 amide bonds. The molecule has 1 N–H and O–H groups in total. The molecule has 104 valence electrons. The molecule has 2 aromatic rings. The van der Waals surface area contributed by atoms with Crippen molar-refractivity contribution in [1.29, 1.82) is 0 Å². The van der Waals surface area contributed by atoms with Crippen molar-refractivity contribution >= 4 is 49.1 Å². The van der Waals surface area contributed by atoms with Crippen molar-refractivity contribution in [3.63, 3.8) is 0 Å². The summed E-state index contributed by atoms with van der Waals surface area (Å²) in [5, 5.41) is 4.29. The molecule has 0 heterocycles. The standard InChI is InChI=1S/C16H14Br2ClN/c17-12-3-1-10(2-4-12)11-7-14(8-11)20-16-6-5-13(18)9-15(16)19/h1-6,9,11,14,20H,7-8H2. The van der Waals surface area contributed by atoms with E-state index in [1.54, 1.807) is 0 Å². The van der Waals surface area contributed by atoms with E-state index >= 15 is 0 Å². The van der Waals surface area contributed by atoms with Crippen LogP contribution < -0.4 is 5.32 Å². The van der Waals surface area contributed by atoms with Crippen molar-refractivity contribution < 1.29 is 0 Å². The zero-order chi connectivity index (χ0) is 14.1. The summed E-state index contributed by atoms with van der Waals surface area (Å²) >= 11 is 13.1. The van der Waals surface area contributed by atoms with E-state index < -0.39 is 0 Å². The van der Waals surface area contributed by atoms with Gasteiger partial charge in [0.05, 0.1) is 10.7 Å². The van der Waals surface area contributed by atoms with E-state index in [1.807, 2.05) is 18.2 Å². The number of halogens is 3. The van der Waals surface area contributed by atoms with Crippen LogP contribution in [0, 0.1) is 0 Å². The zero-order valence-electron chi connectivity index (χ0n) is 10.7. The minimum Gasteiger partial charge on any atom is -0.381 e. The molecule has 0 bridgehead atoms. The van der Waals surface area contributed by atoms with Crippen LogP contribution >= 0.6 is 43.5 Å². The first-order valence-electron chi connectivity index (χ1n) is 6.59. The highest BCUT2D eigenvalue weighted by Gasteiger charge is 2.30. The van der Waals surface area contributed by atoms with Gasteiger partial charge in [0, 0.05) is 15.0 Å². The molecular weight excluding hydrogens is 401 g/mol. The van der Waals surface area contributed by atoms with Crippen molar-refractivity contribution in [3.05, 3.63) is 62.0 Å². The van der Waals surface area contributed by atoms with Crippen LogP contribution in [0.2, 0.25) is 5.02 Å². The summed E-state index contributed by atoms with van der Waals surface area (Å²) in [6, 6.07) is 15.1. The van der Waals surface area contributed by atoms with Gasteiger partial charge < -0.3 is 5.32 Å². The maximum Gasteiger partial charge on any atom is 0.0648 e. The van der Waals surface area contributed by atoms with Crippen LogP contribution in [0.15, 0.2) is 51.4 Å². The molecule has 3 rings (SSSR count). The fourth-order valence-corrected chi connectivity index (χ4v) is 3.56. The zero-order valence-corrected chi connectivity index (χ0v) is 14.7. The fourth-order valence-electron chi connectivity index (χ4n) is 2.57. The molecule has 0 aromatic heterocycles. The molecule has 0 atom stereocenters. The lowest BCUT2D eigenvalue weighted by Gasteiger charge is -2.37. The Balaban J connectivity index is 1.59. The van der Waals surface area contributed by atoms with E-state index in [2.05, 4.69) is 61.4 Å². The minimum absolute atomic E-state index is 0.516. The highest BCUT2D eigenvalue weighted by Crippen LogP contribution is 2.39. The number of benzene rings is 2. The molecule has 0 radical (unpaired) electrons. The van der Waals surface area contributed by atoms with E-state index in [4.69, 9.17) is 11.6 Å². The molecule has 20 heavy (non-hydrogen) atoms. The van der Waals surface area contributed by atoms with Crippen molar-refractivity contribution in [2.24, 2.45) is 0 Å². The number of nitrogens with one attached hydrogen (secondary N) is 1. The Hall–Kier alpha value is -0.510. The van der Waals surface area contributed by atoms with E-state index in [-0.39, 0.29) is 0 Å². The van der Waals surface area contributed by atoms with Crippen molar-refractivity contribution in [3.8, 4) is 0 Å². The highest BCUT2D eigenvalue weighted by molar-refractivity contribution is 9.10. The van der Waals surface area contributed by atoms with Crippen LogP contribution in [0.1, 0.15) is 24.3 Å². The van der Waals surface area contributed by atoms with Gasteiger partial charge in [0.25, 0.3) is 0 Å². The van der Waals surface area contributed by atoms with Gasteiger partial charge in [-0.25, -0.2) is 0 Å². The van der Waals surface area contributed by atoms with Gasteiger partial charge in [-0.15, -0.1) is 0 Å². The Kier molecular flexibility index (Phi) is 4.39. The van der Waals surface area contributed by atoms with Crippen molar-refractivity contribution in [2.75, 3.05) is 5.32 Å². The quantitative estimate of drug-likeness (QED) is 0.627. The summed E-state index contributed by atoms with van der Waals surface area (Å²) in [4.78, 5) is 0. The third-order valence-electron chi connectivity index (χ3n) is 3.77. The summed E-state index contributed by atoms with van der Waals surface area (Å²) in [5.41, 5.74) is 2.45. The normalized spacial score (nSPS) is 21.4. The first kappa shape index (κ1) is 14.4. The first-order chi connectivity index (χ1) is 9.61. The summed E-state index contributed by atoms with van der Waals surface area (Å²) in [6.07, 6.45) is 2.32. The molecule has 0 saturated heterocycles. The molecule has 2 aromatic carbocycles. The second kappa shape index (κ2) is 6.08. The minimum atomic E-state index is 0.516. The maximum absolute atomic E-state index is 6.23. The third-order valence-corrected chi connectivity index (χ3v) is 5.10.